The van der Waals surface area contributed by atoms with Gasteiger partial charge in [-0.2, -0.15) is 0 Å². The predicted octanol–water partition coefficient (Wildman–Crippen LogP) is 1.01. The van der Waals surface area contributed by atoms with E-state index in [1.165, 1.54) is 5.46 Å². The van der Waals surface area contributed by atoms with Crippen LogP contribution in [0.2, 0.25) is 0 Å². The van der Waals surface area contributed by atoms with Crippen molar-refractivity contribution in [1.82, 2.24) is 4.48 Å². The van der Waals surface area contributed by atoms with Gasteiger partial charge in [-0.15, -0.1) is 0 Å². The molecule has 0 bridgehead atoms. The van der Waals surface area contributed by atoms with Crippen molar-refractivity contribution in [2.24, 2.45) is 0 Å². The van der Waals surface area contributed by atoms with Gasteiger partial charge < -0.3 is 4.48 Å². The van der Waals surface area contributed by atoms with Gasteiger partial charge in [0.15, 0.2) is 0 Å². The van der Waals surface area contributed by atoms with E-state index in [1.54, 1.807) is 0 Å². The van der Waals surface area contributed by atoms with E-state index < -0.39 is 0 Å². The lowest BCUT2D eigenvalue weighted by Crippen LogP contribution is -2.20. The average Bonchev–Trinajstić information content (AvgIpc) is 2.59. The van der Waals surface area contributed by atoms with Crippen molar-refractivity contribution in [2.75, 3.05) is 0 Å². The van der Waals surface area contributed by atoms with Crippen molar-refractivity contribution in [3.63, 3.8) is 0 Å². The van der Waals surface area contributed by atoms with Crippen LogP contribution in [0.1, 0.15) is 0 Å². The second-order valence-corrected chi connectivity index (χ2v) is 2.84. The minimum Gasteiger partial charge on any atom is -0.397 e. The molecule has 0 aliphatic rings. The number of hydrogen-bond donors (Lipinski definition) is 0. The van der Waals surface area contributed by atoms with Crippen LogP contribution in [0.15, 0.2) is 54.9 Å². The van der Waals surface area contributed by atoms with E-state index in [9.17, 15) is 0 Å². The van der Waals surface area contributed by atoms with Gasteiger partial charge in [0.05, 0.1) is 0 Å². The van der Waals surface area contributed by atoms with Crippen molar-refractivity contribution < 1.29 is 0 Å². The zero-order valence-electron chi connectivity index (χ0n) is 6.85. The maximum atomic E-state index is 2.16. The number of aromatic nitrogens is 1. The third kappa shape index (κ3) is 1.59. The fourth-order valence-electron chi connectivity index (χ4n) is 1.27. The summed E-state index contributed by atoms with van der Waals surface area (Å²) in [5.74, 6) is 0. The van der Waals surface area contributed by atoms with Crippen LogP contribution in [0, 0.1) is 0 Å². The largest absolute Gasteiger partial charge is 0.397 e. The van der Waals surface area contributed by atoms with Crippen molar-refractivity contribution in [1.29, 1.82) is 0 Å². The zero-order chi connectivity index (χ0) is 8.23. The fourth-order valence-corrected chi connectivity index (χ4v) is 1.27. The van der Waals surface area contributed by atoms with E-state index in [2.05, 4.69) is 41.1 Å². The number of rotatable bonds is 2. The molecule has 2 rings (SSSR count). The highest BCUT2D eigenvalue weighted by atomic mass is 14.8. The van der Waals surface area contributed by atoms with Crippen molar-refractivity contribution in [2.45, 2.75) is 0 Å². The van der Waals surface area contributed by atoms with Crippen molar-refractivity contribution >= 4 is 12.9 Å². The molecule has 0 atom stereocenters. The molecule has 0 N–H and O–H groups in total. The molecule has 0 saturated heterocycles. The Kier molecular flexibility index (Phi) is 1.99. The first kappa shape index (κ1) is 7.23. The predicted molar refractivity (Wildman–Crippen MR) is 53.1 cm³/mol. The van der Waals surface area contributed by atoms with Gasteiger partial charge in [-0.1, -0.05) is 35.8 Å². The fraction of sp³-hybridized carbons (Fsp3) is 0. The summed E-state index contributed by atoms with van der Waals surface area (Å²) in [6, 6.07) is 14.5. The van der Waals surface area contributed by atoms with E-state index in [4.69, 9.17) is 0 Å². The SMILES string of the molecule is B(c1ccccc1)n1cccc1. The normalized spacial score (nSPS) is 9.67. The molecule has 0 unspecified atom stereocenters. The Morgan fingerprint density at radius 3 is 2.17 bits per heavy atom. The number of hydrogen-bond acceptors (Lipinski definition) is 0. The molecule has 0 saturated carbocycles. The first-order valence-electron chi connectivity index (χ1n) is 4.10. The molecule has 58 valence electrons. The second kappa shape index (κ2) is 3.31. The molecule has 0 amide bonds. The summed E-state index contributed by atoms with van der Waals surface area (Å²) in [6.07, 6.45) is 4.15. The smallest absolute Gasteiger partial charge is 0.274 e. The van der Waals surface area contributed by atoms with Crippen LogP contribution >= 0.6 is 0 Å². The number of nitrogens with zero attached hydrogens (tertiary/aromatic N) is 1. The Labute approximate surface area is 72.9 Å². The van der Waals surface area contributed by atoms with Gasteiger partial charge in [0.25, 0.3) is 7.41 Å². The summed E-state index contributed by atoms with van der Waals surface area (Å²) in [7, 11) is 0.966. The van der Waals surface area contributed by atoms with Crippen LogP contribution < -0.4 is 5.46 Å². The molecule has 2 heteroatoms. The molecule has 0 spiro atoms. The van der Waals surface area contributed by atoms with Crippen molar-refractivity contribution in [3.8, 4) is 0 Å². The molecule has 0 fully saturated rings. The summed E-state index contributed by atoms with van der Waals surface area (Å²) < 4.78 is 2.16. The molecule has 1 nitrogen and oxygen atoms in total. The lowest BCUT2D eigenvalue weighted by molar-refractivity contribution is 1.24. The van der Waals surface area contributed by atoms with E-state index >= 15 is 0 Å². The molecule has 0 radical (unpaired) electrons. The molecule has 2 aromatic rings. The van der Waals surface area contributed by atoms with Gasteiger partial charge >= 0.3 is 0 Å². The molecular formula is C10H10BN. The van der Waals surface area contributed by atoms with Gasteiger partial charge in [0.1, 0.15) is 0 Å². The average molecular weight is 155 g/mol. The molecule has 0 aliphatic heterocycles. The molecule has 1 heterocycles. The van der Waals surface area contributed by atoms with E-state index in [0.29, 0.717) is 0 Å². The monoisotopic (exact) mass is 155 g/mol. The highest BCUT2D eigenvalue weighted by Gasteiger charge is 1.94. The van der Waals surface area contributed by atoms with Crippen LogP contribution in [0.4, 0.5) is 0 Å². The zero-order valence-corrected chi connectivity index (χ0v) is 6.85. The Morgan fingerprint density at radius 1 is 0.833 bits per heavy atom. The summed E-state index contributed by atoms with van der Waals surface area (Å²) in [5.41, 5.74) is 1.34. The summed E-state index contributed by atoms with van der Waals surface area (Å²) in [5, 5.41) is 0. The molecule has 12 heavy (non-hydrogen) atoms. The van der Waals surface area contributed by atoms with Crippen LogP contribution in [0.25, 0.3) is 0 Å². The van der Waals surface area contributed by atoms with Crippen LogP contribution in [0.5, 0.6) is 0 Å². The van der Waals surface area contributed by atoms with E-state index in [1.807, 2.05) is 18.2 Å². The first-order chi connectivity index (χ1) is 5.95. The number of benzene rings is 1. The van der Waals surface area contributed by atoms with Gasteiger partial charge in [0, 0.05) is 0 Å². The quantitative estimate of drug-likeness (QED) is 0.570. The minimum atomic E-state index is 0.966. The third-order valence-electron chi connectivity index (χ3n) is 1.87. The highest BCUT2D eigenvalue weighted by Crippen LogP contribution is 1.87. The topological polar surface area (TPSA) is 4.93 Å². The second-order valence-electron chi connectivity index (χ2n) is 2.84. The molecule has 1 aromatic heterocycles. The van der Waals surface area contributed by atoms with E-state index in [-0.39, 0.29) is 0 Å². The molecule has 1 aromatic carbocycles. The van der Waals surface area contributed by atoms with Crippen LogP contribution in [-0.2, 0) is 0 Å². The van der Waals surface area contributed by atoms with Crippen LogP contribution in [-0.4, -0.2) is 11.9 Å². The maximum Gasteiger partial charge on any atom is 0.274 e. The lowest BCUT2D eigenvalue weighted by Gasteiger charge is -1.98. The molecular weight excluding hydrogens is 145 g/mol. The Morgan fingerprint density at radius 2 is 1.50 bits per heavy atom. The van der Waals surface area contributed by atoms with Gasteiger partial charge in [-0.25, -0.2) is 0 Å². The van der Waals surface area contributed by atoms with Crippen molar-refractivity contribution in [3.05, 3.63) is 54.9 Å². The van der Waals surface area contributed by atoms with Gasteiger partial charge in [0.2, 0.25) is 0 Å². The summed E-state index contributed by atoms with van der Waals surface area (Å²) in [6.45, 7) is 0. The Bertz CT molecular complexity index is 326. The third-order valence-corrected chi connectivity index (χ3v) is 1.87. The maximum absolute atomic E-state index is 2.16. The first-order valence-corrected chi connectivity index (χ1v) is 4.10. The summed E-state index contributed by atoms with van der Waals surface area (Å²) in [4.78, 5) is 0. The lowest BCUT2D eigenvalue weighted by atomic mass is 9.83. The Balaban J connectivity index is 2.15. The standard InChI is InChI=1S/C10H10BN/c1-2-6-10(7-3-1)11-12-8-4-5-9-12/h1-9,11H. The highest BCUT2D eigenvalue weighted by molar-refractivity contribution is 6.51. The van der Waals surface area contributed by atoms with Gasteiger partial charge in [-0.3, -0.25) is 0 Å². The Hall–Kier alpha value is -1.44. The minimum absolute atomic E-state index is 0.966. The molecule has 0 aliphatic carbocycles. The van der Waals surface area contributed by atoms with Crippen LogP contribution in [0.3, 0.4) is 0 Å². The summed E-state index contributed by atoms with van der Waals surface area (Å²) >= 11 is 0. The van der Waals surface area contributed by atoms with E-state index in [0.717, 1.165) is 7.41 Å². The van der Waals surface area contributed by atoms with Gasteiger partial charge in [-0.05, 0) is 24.5 Å².